The summed E-state index contributed by atoms with van der Waals surface area (Å²) in [6.07, 6.45) is 2.53. The molecule has 19 heavy (non-hydrogen) atoms. The highest BCUT2D eigenvalue weighted by Crippen LogP contribution is 2.29. The van der Waals surface area contributed by atoms with Crippen molar-refractivity contribution in [1.29, 1.82) is 0 Å². The Kier molecular flexibility index (Phi) is 3.80. The zero-order valence-electron chi connectivity index (χ0n) is 11.5. The van der Waals surface area contributed by atoms with E-state index in [1.54, 1.807) is 4.90 Å². The third-order valence-electron chi connectivity index (χ3n) is 3.03. The van der Waals surface area contributed by atoms with Gasteiger partial charge in [0.25, 0.3) is 0 Å². The first-order chi connectivity index (χ1) is 8.87. The van der Waals surface area contributed by atoms with Gasteiger partial charge in [0.05, 0.1) is 6.20 Å². The van der Waals surface area contributed by atoms with E-state index in [9.17, 15) is 9.90 Å². The second kappa shape index (κ2) is 5.21. The van der Waals surface area contributed by atoms with Crippen molar-refractivity contribution in [1.82, 2.24) is 9.88 Å². The van der Waals surface area contributed by atoms with Crippen molar-refractivity contribution < 1.29 is 19.1 Å². The van der Waals surface area contributed by atoms with Gasteiger partial charge in [-0.15, -0.1) is 0 Å². The quantitative estimate of drug-likeness (QED) is 0.887. The Balaban J connectivity index is 1.91. The van der Waals surface area contributed by atoms with Gasteiger partial charge in [0, 0.05) is 19.0 Å². The number of amides is 1. The maximum absolute atomic E-state index is 11.9. The molecule has 0 unspecified atom stereocenters. The first-order valence-electron chi connectivity index (χ1n) is 6.42. The number of oxazole rings is 1. The SMILES string of the molecule is CC(C)(C)OC(=O)N1CC[C@H]([C@H](O)c2ncco2)C1. The molecule has 1 aliphatic rings. The van der Waals surface area contributed by atoms with Crippen molar-refractivity contribution in [2.45, 2.75) is 38.9 Å². The van der Waals surface area contributed by atoms with E-state index in [0.29, 0.717) is 25.4 Å². The molecule has 0 aliphatic carbocycles. The van der Waals surface area contributed by atoms with Crippen molar-refractivity contribution in [3.05, 3.63) is 18.4 Å². The fourth-order valence-electron chi connectivity index (χ4n) is 2.12. The molecule has 0 spiro atoms. The summed E-state index contributed by atoms with van der Waals surface area (Å²) in [5.41, 5.74) is -0.504. The van der Waals surface area contributed by atoms with Gasteiger partial charge in [-0.1, -0.05) is 0 Å². The van der Waals surface area contributed by atoms with Crippen LogP contribution in [0.4, 0.5) is 4.79 Å². The number of ether oxygens (including phenoxy) is 1. The summed E-state index contributed by atoms with van der Waals surface area (Å²) in [6.45, 7) is 6.54. The van der Waals surface area contributed by atoms with E-state index in [1.807, 2.05) is 20.8 Å². The molecule has 0 radical (unpaired) electrons. The predicted octanol–water partition coefficient (Wildman–Crippen LogP) is 1.96. The van der Waals surface area contributed by atoms with Crippen LogP contribution in [-0.4, -0.2) is 39.8 Å². The van der Waals surface area contributed by atoms with Gasteiger partial charge in [0.15, 0.2) is 0 Å². The van der Waals surface area contributed by atoms with Gasteiger partial charge < -0.3 is 19.2 Å². The number of likely N-dealkylation sites (tertiary alicyclic amines) is 1. The maximum Gasteiger partial charge on any atom is 0.410 e. The number of carbonyl (C=O) groups is 1. The van der Waals surface area contributed by atoms with Crippen LogP contribution in [-0.2, 0) is 4.74 Å². The lowest BCUT2D eigenvalue weighted by Crippen LogP contribution is -2.35. The summed E-state index contributed by atoms with van der Waals surface area (Å²) in [5.74, 6) is 0.238. The molecular weight excluding hydrogens is 248 g/mol. The van der Waals surface area contributed by atoms with Gasteiger partial charge >= 0.3 is 6.09 Å². The molecule has 0 bridgehead atoms. The second-order valence-corrected chi connectivity index (χ2v) is 5.79. The molecule has 0 saturated carbocycles. The maximum atomic E-state index is 11.9. The number of aromatic nitrogens is 1. The fraction of sp³-hybridized carbons (Fsp3) is 0.692. The minimum absolute atomic E-state index is 0.0637. The molecule has 106 valence electrons. The molecule has 2 rings (SSSR count). The van der Waals surface area contributed by atoms with E-state index in [1.165, 1.54) is 12.5 Å². The molecule has 2 atom stereocenters. The summed E-state index contributed by atoms with van der Waals surface area (Å²) in [4.78, 5) is 17.5. The van der Waals surface area contributed by atoms with Gasteiger partial charge in [0.2, 0.25) is 5.89 Å². The Labute approximate surface area is 112 Å². The molecule has 1 amide bonds. The molecule has 6 nitrogen and oxygen atoms in total. The lowest BCUT2D eigenvalue weighted by Gasteiger charge is -2.24. The number of aliphatic hydroxyl groups is 1. The van der Waals surface area contributed by atoms with Gasteiger partial charge in [-0.25, -0.2) is 9.78 Å². The van der Waals surface area contributed by atoms with Crippen molar-refractivity contribution in [2.24, 2.45) is 5.92 Å². The number of hydrogen-bond acceptors (Lipinski definition) is 5. The predicted molar refractivity (Wildman–Crippen MR) is 67.4 cm³/mol. The topological polar surface area (TPSA) is 75.8 Å². The smallest absolute Gasteiger partial charge is 0.410 e. The van der Waals surface area contributed by atoms with Crippen LogP contribution in [0.2, 0.25) is 0 Å². The monoisotopic (exact) mass is 268 g/mol. The minimum atomic E-state index is -0.776. The summed E-state index contributed by atoms with van der Waals surface area (Å²) in [6, 6.07) is 0. The number of aliphatic hydroxyl groups excluding tert-OH is 1. The van der Waals surface area contributed by atoms with E-state index in [4.69, 9.17) is 9.15 Å². The van der Waals surface area contributed by atoms with Crippen LogP contribution in [0.3, 0.4) is 0 Å². The minimum Gasteiger partial charge on any atom is -0.446 e. The van der Waals surface area contributed by atoms with E-state index in [0.717, 1.165) is 0 Å². The Bertz CT molecular complexity index is 424. The van der Waals surface area contributed by atoms with Crippen LogP contribution in [0.1, 0.15) is 39.2 Å². The highest BCUT2D eigenvalue weighted by molar-refractivity contribution is 5.68. The molecule has 2 heterocycles. The van der Waals surface area contributed by atoms with Gasteiger partial charge in [0.1, 0.15) is 18.0 Å². The standard InChI is InChI=1S/C13H20N2O4/c1-13(2,3)19-12(17)15-6-4-9(8-15)10(16)11-14-5-7-18-11/h5,7,9-10,16H,4,6,8H2,1-3H3/t9-,10-/m0/s1. The number of rotatable bonds is 2. The van der Waals surface area contributed by atoms with E-state index in [-0.39, 0.29) is 12.0 Å². The summed E-state index contributed by atoms with van der Waals surface area (Å²) >= 11 is 0. The summed E-state index contributed by atoms with van der Waals surface area (Å²) in [5, 5.41) is 10.1. The van der Waals surface area contributed by atoms with Crippen molar-refractivity contribution >= 4 is 6.09 Å². The van der Waals surface area contributed by atoms with Gasteiger partial charge in [-0.05, 0) is 27.2 Å². The molecule has 1 fully saturated rings. The Morgan fingerprint density at radius 2 is 2.37 bits per heavy atom. The number of hydrogen-bond donors (Lipinski definition) is 1. The lowest BCUT2D eigenvalue weighted by molar-refractivity contribution is 0.0257. The largest absolute Gasteiger partial charge is 0.446 e. The lowest BCUT2D eigenvalue weighted by atomic mass is 10.0. The van der Waals surface area contributed by atoms with Crippen LogP contribution < -0.4 is 0 Å². The molecule has 1 aliphatic heterocycles. The van der Waals surface area contributed by atoms with E-state index >= 15 is 0 Å². The Morgan fingerprint density at radius 3 is 2.95 bits per heavy atom. The Morgan fingerprint density at radius 1 is 1.63 bits per heavy atom. The number of carbonyl (C=O) groups excluding carboxylic acids is 1. The highest BCUT2D eigenvalue weighted by Gasteiger charge is 2.35. The molecule has 1 saturated heterocycles. The average Bonchev–Trinajstić information content (AvgIpc) is 2.98. The second-order valence-electron chi connectivity index (χ2n) is 5.79. The summed E-state index contributed by atoms with van der Waals surface area (Å²) < 4.78 is 10.4. The van der Waals surface area contributed by atoms with Crippen LogP contribution in [0.5, 0.6) is 0 Å². The average molecular weight is 268 g/mol. The molecular formula is C13H20N2O4. The van der Waals surface area contributed by atoms with Crippen LogP contribution >= 0.6 is 0 Å². The fourth-order valence-corrected chi connectivity index (χ4v) is 2.12. The first kappa shape index (κ1) is 13.9. The highest BCUT2D eigenvalue weighted by atomic mass is 16.6. The zero-order valence-corrected chi connectivity index (χ0v) is 11.5. The van der Waals surface area contributed by atoms with Crippen LogP contribution in [0.25, 0.3) is 0 Å². The first-order valence-corrected chi connectivity index (χ1v) is 6.42. The van der Waals surface area contributed by atoms with Crippen molar-refractivity contribution in [3.63, 3.8) is 0 Å². The summed E-state index contributed by atoms with van der Waals surface area (Å²) in [7, 11) is 0. The Hall–Kier alpha value is -1.56. The third kappa shape index (κ3) is 3.47. The van der Waals surface area contributed by atoms with Crippen molar-refractivity contribution in [3.8, 4) is 0 Å². The van der Waals surface area contributed by atoms with Crippen LogP contribution in [0.15, 0.2) is 16.9 Å². The van der Waals surface area contributed by atoms with Gasteiger partial charge in [-0.3, -0.25) is 0 Å². The molecule has 1 aromatic heterocycles. The van der Waals surface area contributed by atoms with Crippen LogP contribution in [0, 0.1) is 5.92 Å². The zero-order chi connectivity index (χ0) is 14.0. The van der Waals surface area contributed by atoms with E-state index in [2.05, 4.69) is 4.98 Å². The molecule has 1 aromatic rings. The normalized spacial score (nSPS) is 21.5. The molecule has 1 N–H and O–H groups in total. The van der Waals surface area contributed by atoms with Crippen molar-refractivity contribution in [2.75, 3.05) is 13.1 Å². The van der Waals surface area contributed by atoms with E-state index < -0.39 is 11.7 Å². The number of nitrogens with zero attached hydrogens (tertiary/aromatic N) is 2. The molecule has 6 heteroatoms. The third-order valence-corrected chi connectivity index (χ3v) is 3.03. The van der Waals surface area contributed by atoms with Gasteiger partial charge in [-0.2, -0.15) is 0 Å². The molecule has 0 aromatic carbocycles.